The number of aliphatic carboxylic acids is 1. The minimum absolute atomic E-state index is 0.195. The highest BCUT2D eigenvalue weighted by Crippen LogP contribution is 2.25. The Balaban J connectivity index is 2.39. The van der Waals surface area contributed by atoms with Crippen molar-refractivity contribution >= 4 is 11.9 Å². The third-order valence-electron chi connectivity index (χ3n) is 3.30. The molecule has 0 spiro atoms. The van der Waals surface area contributed by atoms with E-state index in [2.05, 4.69) is 0 Å². The normalized spacial score (nSPS) is 15.6. The zero-order chi connectivity index (χ0) is 12.6. The van der Waals surface area contributed by atoms with E-state index in [0.717, 1.165) is 5.56 Å². The van der Waals surface area contributed by atoms with Gasteiger partial charge in [-0.15, -0.1) is 0 Å². The Morgan fingerprint density at radius 2 is 2.00 bits per heavy atom. The lowest BCUT2D eigenvalue weighted by Gasteiger charge is -2.38. The molecule has 1 aliphatic heterocycles. The van der Waals surface area contributed by atoms with Crippen LogP contribution in [0.3, 0.4) is 0 Å². The number of hydrogen-bond donors (Lipinski definition) is 1. The quantitative estimate of drug-likeness (QED) is 0.843. The number of nitrogens with zero attached hydrogens (tertiary/aromatic N) is 1. The van der Waals surface area contributed by atoms with Gasteiger partial charge in [0.1, 0.15) is 5.54 Å². The number of fused-ring (bicyclic) bond motifs is 1. The molecule has 17 heavy (non-hydrogen) atoms. The van der Waals surface area contributed by atoms with Gasteiger partial charge in [0.2, 0.25) is 0 Å². The van der Waals surface area contributed by atoms with E-state index in [1.54, 1.807) is 26.0 Å². The summed E-state index contributed by atoms with van der Waals surface area (Å²) in [6, 6.07) is 7.36. The fraction of sp³-hybridized carbons (Fsp3) is 0.385. The van der Waals surface area contributed by atoms with Crippen molar-refractivity contribution in [3.8, 4) is 0 Å². The van der Waals surface area contributed by atoms with Crippen LogP contribution >= 0.6 is 0 Å². The lowest BCUT2D eigenvalue weighted by molar-refractivity contribution is -0.147. The van der Waals surface area contributed by atoms with E-state index in [1.165, 1.54) is 4.90 Å². The van der Waals surface area contributed by atoms with Gasteiger partial charge < -0.3 is 10.0 Å². The molecule has 1 amide bonds. The maximum Gasteiger partial charge on any atom is 0.329 e. The summed E-state index contributed by atoms with van der Waals surface area (Å²) in [6.07, 6.45) is 0.707. The van der Waals surface area contributed by atoms with Crippen LogP contribution in [0.15, 0.2) is 24.3 Å². The summed E-state index contributed by atoms with van der Waals surface area (Å²) >= 11 is 0. The van der Waals surface area contributed by atoms with E-state index in [-0.39, 0.29) is 5.91 Å². The third-order valence-corrected chi connectivity index (χ3v) is 3.30. The van der Waals surface area contributed by atoms with Crippen molar-refractivity contribution in [3.63, 3.8) is 0 Å². The van der Waals surface area contributed by atoms with Crippen molar-refractivity contribution < 1.29 is 14.7 Å². The minimum atomic E-state index is -1.16. The first-order valence-electron chi connectivity index (χ1n) is 5.58. The zero-order valence-corrected chi connectivity index (χ0v) is 9.93. The molecule has 0 saturated carbocycles. The molecule has 1 aromatic rings. The average molecular weight is 233 g/mol. The molecule has 0 bridgehead atoms. The molecule has 0 aliphatic carbocycles. The summed E-state index contributed by atoms with van der Waals surface area (Å²) in [5, 5.41) is 9.17. The van der Waals surface area contributed by atoms with Gasteiger partial charge in [0.25, 0.3) is 5.91 Å². The summed E-state index contributed by atoms with van der Waals surface area (Å²) < 4.78 is 0. The van der Waals surface area contributed by atoms with Crippen LogP contribution in [0.4, 0.5) is 0 Å². The molecule has 1 aliphatic rings. The Morgan fingerprint density at radius 1 is 1.35 bits per heavy atom. The molecule has 1 aromatic carbocycles. The second kappa shape index (κ2) is 3.87. The number of hydrogen-bond acceptors (Lipinski definition) is 2. The fourth-order valence-corrected chi connectivity index (χ4v) is 2.07. The number of carbonyl (C=O) groups excluding carboxylic acids is 1. The molecule has 2 rings (SSSR count). The number of carbonyl (C=O) groups is 2. The van der Waals surface area contributed by atoms with Gasteiger partial charge in [0, 0.05) is 12.1 Å². The monoisotopic (exact) mass is 233 g/mol. The zero-order valence-electron chi connectivity index (χ0n) is 9.93. The fourth-order valence-electron chi connectivity index (χ4n) is 2.07. The maximum absolute atomic E-state index is 12.2. The molecule has 0 aromatic heterocycles. The first-order valence-corrected chi connectivity index (χ1v) is 5.58. The number of rotatable bonds is 2. The Hall–Kier alpha value is -1.84. The summed E-state index contributed by atoms with van der Waals surface area (Å²) in [4.78, 5) is 24.8. The second-order valence-electron chi connectivity index (χ2n) is 4.73. The summed E-state index contributed by atoms with van der Waals surface area (Å²) in [6.45, 7) is 3.57. The van der Waals surface area contributed by atoms with E-state index < -0.39 is 11.5 Å². The van der Waals surface area contributed by atoms with Crippen molar-refractivity contribution in [1.29, 1.82) is 0 Å². The van der Waals surface area contributed by atoms with Gasteiger partial charge >= 0.3 is 5.97 Å². The van der Waals surface area contributed by atoms with Crippen molar-refractivity contribution in [3.05, 3.63) is 35.4 Å². The molecule has 4 heteroatoms. The average Bonchev–Trinajstić information content (AvgIpc) is 2.29. The van der Waals surface area contributed by atoms with Gasteiger partial charge in [0.05, 0.1) is 0 Å². The highest BCUT2D eigenvalue weighted by molar-refractivity contribution is 5.99. The second-order valence-corrected chi connectivity index (χ2v) is 4.73. The van der Waals surface area contributed by atoms with Crippen LogP contribution < -0.4 is 0 Å². The van der Waals surface area contributed by atoms with Gasteiger partial charge in [0.15, 0.2) is 0 Å². The van der Waals surface area contributed by atoms with Gasteiger partial charge in [-0.2, -0.15) is 0 Å². The lowest BCUT2D eigenvalue weighted by atomic mass is 9.93. The van der Waals surface area contributed by atoms with E-state index >= 15 is 0 Å². The number of amides is 1. The largest absolute Gasteiger partial charge is 0.480 e. The molecule has 0 atom stereocenters. The van der Waals surface area contributed by atoms with Crippen LogP contribution in [0.25, 0.3) is 0 Å². The molecule has 4 nitrogen and oxygen atoms in total. The molecule has 0 fully saturated rings. The molecule has 90 valence electrons. The SMILES string of the molecule is CC(C)(C(=O)O)N1CCc2ccccc2C1=O. The van der Waals surface area contributed by atoms with Crippen molar-refractivity contribution in [2.24, 2.45) is 0 Å². The molecular weight excluding hydrogens is 218 g/mol. The predicted octanol–water partition coefficient (Wildman–Crippen LogP) is 1.55. The summed E-state index contributed by atoms with van der Waals surface area (Å²) in [5.41, 5.74) is 0.452. The van der Waals surface area contributed by atoms with E-state index in [9.17, 15) is 9.59 Å². The molecule has 0 radical (unpaired) electrons. The number of benzene rings is 1. The van der Waals surface area contributed by atoms with Crippen LogP contribution in [0.2, 0.25) is 0 Å². The van der Waals surface area contributed by atoms with E-state index in [1.807, 2.05) is 12.1 Å². The third kappa shape index (κ3) is 1.79. The maximum atomic E-state index is 12.2. The Morgan fingerprint density at radius 3 is 2.65 bits per heavy atom. The topological polar surface area (TPSA) is 57.6 Å². The highest BCUT2D eigenvalue weighted by atomic mass is 16.4. The smallest absolute Gasteiger partial charge is 0.329 e. The minimum Gasteiger partial charge on any atom is -0.480 e. The van der Waals surface area contributed by atoms with E-state index in [0.29, 0.717) is 18.5 Å². The van der Waals surface area contributed by atoms with Gasteiger partial charge in [-0.25, -0.2) is 4.79 Å². The Labute approximate surface area is 99.9 Å². The lowest BCUT2D eigenvalue weighted by Crippen LogP contribution is -2.55. The molecule has 1 heterocycles. The van der Waals surface area contributed by atoms with Crippen LogP contribution in [0, 0.1) is 0 Å². The van der Waals surface area contributed by atoms with Gasteiger partial charge in [-0.3, -0.25) is 4.79 Å². The van der Waals surface area contributed by atoms with Gasteiger partial charge in [-0.1, -0.05) is 18.2 Å². The molecule has 1 N–H and O–H groups in total. The van der Waals surface area contributed by atoms with Crippen LogP contribution in [-0.4, -0.2) is 34.0 Å². The number of carboxylic acid groups (broad SMARTS) is 1. The van der Waals surface area contributed by atoms with Crippen LogP contribution in [-0.2, 0) is 11.2 Å². The van der Waals surface area contributed by atoms with Crippen LogP contribution in [0.5, 0.6) is 0 Å². The Bertz CT molecular complexity index is 479. The van der Waals surface area contributed by atoms with Gasteiger partial charge in [-0.05, 0) is 31.9 Å². The first-order chi connectivity index (χ1) is 7.94. The number of carboxylic acids is 1. The summed E-state index contributed by atoms with van der Waals surface area (Å²) in [7, 11) is 0. The van der Waals surface area contributed by atoms with Crippen molar-refractivity contribution in [2.45, 2.75) is 25.8 Å². The van der Waals surface area contributed by atoms with Crippen molar-refractivity contribution in [1.82, 2.24) is 4.90 Å². The predicted molar refractivity (Wildman–Crippen MR) is 62.9 cm³/mol. The molecular formula is C13H15NO3. The highest BCUT2D eigenvalue weighted by Gasteiger charge is 2.40. The molecule has 0 saturated heterocycles. The molecule has 0 unspecified atom stereocenters. The van der Waals surface area contributed by atoms with Crippen LogP contribution in [0.1, 0.15) is 29.8 Å². The standard InChI is InChI=1S/C13H15NO3/c1-13(2,12(16)17)14-8-7-9-5-3-4-6-10(9)11(14)15/h3-6H,7-8H2,1-2H3,(H,16,17). The summed E-state index contributed by atoms with van der Waals surface area (Å²) in [5.74, 6) is -1.18. The van der Waals surface area contributed by atoms with E-state index in [4.69, 9.17) is 5.11 Å². The Kier molecular flexibility index (Phi) is 2.65. The first kappa shape index (κ1) is 11.6. The van der Waals surface area contributed by atoms with Crippen molar-refractivity contribution in [2.75, 3.05) is 6.54 Å².